The minimum Gasteiger partial charge on any atom is -0.506 e. The van der Waals surface area contributed by atoms with Crippen molar-refractivity contribution in [3.05, 3.63) is 60.2 Å². The summed E-state index contributed by atoms with van der Waals surface area (Å²) in [5, 5.41) is 11.0. The van der Waals surface area contributed by atoms with Crippen LogP contribution < -0.4 is 0 Å². The SMILES string of the molecule is Cc1cccc(-c2nc3ccccc3cc2O)c1. The first kappa shape index (κ1) is 10.8. The van der Waals surface area contributed by atoms with E-state index in [9.17, 15) is 5.11 Å². The molecular weight excluding hydrogens is 222 g/mol. The van der Waals surface area contributed by atoms with Crippen molar-refractivity contribution in [1.82, 2.24) is 4.98 Å². The zero-order chi connectivity index (χ0) is 12.5. The maximum absolute atomic E-state index is 10.1. The summed E-state index contributed by atoms with van der Waals surface area (Å²) in [5.74, 6) is 0.222. The Morgan fingerprint density at radius 1 is 0.944 bits per heavy atom. The molecule has 2 aromatic carbocycles. The summed E-state index contributed by atoms with van der Waals surface area (Å²) in [6.07, 6.45) is 0. The molecule has 2 heteroatoms. The summed E-state index contributed by atoms with van der Waals surface area (Å²) in [7, 11) is 0. The van der Waals surface area contributed by atoms with E-state index < -0.39 is 0 Å². The quantitative estimate of drug-likeness (QED) is 0.693. The number of fused-ring (bicyclic) bond motifs is 1. The maximum Gasteiger partial charge on any atom is 0.142 e. The smallest absolute Gasteiger partial charge is 0.142 e. The molecule has 0 unspecified atom stereocenters. The van der Waals surface area contributed by atoms with Crippen molar-refractivity contribution in [1.29, 1.82) is 0 Å². The lowest BCUT2D eigenvalue weighted by Crippen LogP contribution is -1.87. The number of hydrogen-bond donors (Lipinski definition) is 1. The number of rotatable bonds is 1. The summed E-state index contributed by atoms with van der Waals surface area (Å²) < 4.78 is 0. The molecule has 0 fully saturated rings. The minimum atomic E-state index is 0.222. The lowest BCUT2D eigenvalue weighted by atomic mass is 10.1. The molecule has 0 aliphatic rings. The van der Waals surface area contributed by atoms with E-state index in [0.717, 1.165) is 22.0 Å². The summed E-state index contributed by atoms with van der Waals surface area (Å²) in [6.45, 7) is 2.03. The number of aromatic nitrogens is 1. The van der Waals surface area contributed by atoms with Crippen LogP contribution in [-0.2, 0) is 0 Å². The lowest BCUT2D eigenvalue weighted by molar-refractivity contribution is 0.476. The average molecular weight is 235 g/mol. The van der Waals surface area contributed by atoms with Crippen molar-refractivity contribution < 1.29 is 5.11 Å². The number of hydrogen-bond acceptors (Lipinski definition) is 2. The fourth-order valence-electron chi connectivity index (χ4n) is 2.11. The number of benzene rings is 2. The Bertz CT molecular complexity index is 719. The molecule has 2 nitrogen and oxygen atoms in total. The maximum atomic E-state index is 10.1. The fourth-order valence-corrected chi connectivity index (χ4v) is 2.11. The summed E-state index contributed by atoms with van der Waals surface area (Å²) in [6, 6.07) is 17.5. The van der Waals surface area contributed by atoms with Gasteiger partial charge < -0.3 is 5.11 Å². The molecule has 0 bridgehead atoms. The van der Waals surface area contributed by atoms with Crippen LogP contribution in [0.5, 0.6) is 5.75 Å². The predicted octanol–water partition coefficient (Wildman–Crippen LogP) is 3.92. The van der Waals surface area contributed by atoms with E-state index in [1.165, 1.54) is 0 Å². The standard InChI is InChI=1S/C16H13NO/c1-11-5-4-7-13(9-11)16-15(18)10-12-6-2-3-8-14(12)17-16/h2-10,18H,1H3. The number of aryl methyl sites for hydroxylation is 1. The zero-order valence-electron chi connectivity index (χ0n) is 10.1. The van der Waals surface area contributed by atoms with E-state index in [1.807, 2.05) is 55.5 Å². The Hall–Kier alpha value is -2.35. The van der Waals surface area contributed by atoms with Gasteiger partial charge in [0.2, 0.25) is 0 Å². The second-order valence-corrected chi connectivity index (χ2v) is 4.42. The number of nitrogens with zero attached hydrogens (tertiary/aromatic N) is 1. The summed E-state index contributed by atoms with van der Waals surface area (Å²) in [4.78, 5) is 4.54. The first-order chi connectivity index (χ1) is 8.74. The van der Waals surface area contributed by atoms with Gasteiger partial charge in [0, 0.05) is 10.9 Å². The van der Waals surface area contributed by atoms with E-state index in [4.69, 9.17) is 0 Å². The lowest BCUT2D eigenvalue weighted by Gasteiger charge is -2.07. The average Bonchev–Trinajstić information content (AvgIpc) is 2.38. The zero-order valence-corrected chi connectivity index (χ0v) is 10.1. The van der Waals surface area contributed by atoms with Gasteiger partial charge >= 0.3 is 0 Å². The first-order valence-corrected chi connectivity index (χ1v) is 5.90. The van der Waals surface area contributed by atoms with Crippen LogP contribution in [0.3, 0.4) is 0 Å². The molecule has 1 heterocycles. The Morgan fingerprint density at radius 2 is 1.78 bits per heavy atom. The van der Waals surface area contributed by atoms with Crippen molar-refractivity contribution in [2.75, 3.05) is 0 Å². The molecular formula is C16H13NO. The molecule has 1 aromatic heterocycles. The molecule has 0 radical (unpaired) electrons. The van der Waals surface area contributed by atoms with Crippen molar-refractivity contribution in [2.45, 2.75) is 6.92 Å². The van der Waals surface area contributed by atoms with Crippen LogP contribution in [0.15, 0.2) is 54.6 Å². The molecule has 0 saturated heterocycles. The van der Waals surface area contributed by atoms with E-state index in [2.05, 4.69) is 4.98 Å². The molecule has 0 spiro atoms. The van der Waals surface area contributed by atoms with Gasteiger partial charge in [-0.3, -0.25) is 0 Å². The molecule has 18 heavy (non-hydrogen) atoms. The van der Waals surface area contributed by atoms with Crippen molar-refractivity contribution >= 4 is 10.9 Å². The molecule has 1 N–H and O–H groups in total. The number of para-hydroxylation sites is 1. The van der Waals surface area contributed by atoms with E-state index in [1.54, 1.807) is 6.07 Å². The monoisotopic (exact) mass is 235 g/mol. The molecule has 0 aliphatic heterocycles. The topological polar surface area (TPSA) is 33.1 Å². The third kappa shape index (κ3) is 1.82. The van der Waals surface area contributed by atoms with Gasteiger partial charge in [0.1, 0.15) is 11.4 Å². The van der Waals surface area contributed by atoms with Gasteiger partial charge in [0.05, 0.1) is 5.52 Å². The van der Waals surface area contributed by atoms with Crippen LogP contribution in [0.4, 0.5) is 0 Å². The van der Waals surface area contributed by atoms with Crippen LogP contribution in [-0.4, -0.2) is 10.1 Å². The van der Waals surface area contributed by atoms with Crippen molar-refractivity contribution in [3.63, 3.8) is 0 Å². The third-order valence-electron chi connectivity index (χ3n) is 3.00. The third-order valence-corrected chi connectivity index (χ3v) is 3.00. The normalized spacial score (nSPS) is 10.7. The Labute approximate surface area is 106 Å². The van der Waals surface area contributed by atoms with E-state index >= 15 is 0 Å². The largest absolute Gasteiger partial charge is 0.506 e. The van der Waals surface area contributed by atoms with Crippen LogP contribution in [0.1, 0.15) is 5.56 Å². The highest BCUT2D eigenvalue weighted by atomic mass is 16.3. The molecule has 0 amide bonds. The minimum absolute atomic E-state index is 0.222. The van der Waals surface area contributed by atoms with Gasteiger partial charge in [0.25, 0.3) is 0 Å². The highest BCUT2D eigenvalue weighted by Gasteiger charge is 2.08. The van der Waals surface area contributed by atoms with Gasteiger partial charge in [-0.2, -0.15) is 0 Å². The summed E-state index contributed by atoms with van der Waals surface area (Å²) in [5.41, 5.74) is 3.63. The molecule has 0 atom stereocenters. The molecule has 3 aromatic rings. The van der Waals surface area contributed by atoms with Crippen LogP contribution in [0, 0.1) is 6.92 Å². The fraction of sp³-hybridized carbons (Fsp3) is 0.0625. The van der Waals surface area contributed by atoms with Gasteiger partial charge in [-0.25, -0.2) is 4.98 Å². The Balaban J connectivity index is 2.26. The molecule has 3 rings (SSSR count). The second kappa shape index (κ2) is 4.15. The highest BCUT2D eigenvalue weighted by molar-refractivity contribution is 5.84. The highest BCUT2D eigenvalue weighted by Crippen LogP contribution is 2.30. The van der Waals surface area contributed by atoms with Crippen molar-refractivity contribution in [3.8, 4) is 17.0 Å². The Kier molecular flexibility index (Phi) is 2.49. The van der Waals surface area contributed by atoms with E-state index in [-0.39, 0.29) is 5.75 Å². The van der Waals surface area contributed by atoms with Gasteiger partial charge in [-0.15, -0.1) is 0 Å². The van der Waals surface area contributed by atoms with Crippen LogP contribution in [0.2, 0.25) is 0 Å². The van der Waals surface area contributed by atoms with Gasteiger partial charge in [-0.1, -0.05) is 42.0 Å². The number of aromatic hydroxyl groups is 1. The molecule has 0 saturated carbocycles. The van der Waals surface area contributed by atoms with E-state index in [0.29, 0.717) is 5.69 Å². The van der Waals surface area contributed by atoms with Gasteiger partial charge in [-0.05, 0) is 25.1 Å². The Morgan fingerprint density at radius 3 is 2.61 bits per heavy atom. The van der Waals surface area contributed by atoms with Crippen LogP contribution >= 0.6 is 0 Å². The van der Waals surface area contributed by atoms with Crippen molar-refractivity contribution in [2.24, 2.45) is 0 Å². The number of pyridine rings is 1. The first-order valence-electron chi connectivity index (χ1n) is 5.90. The predicted molar refractivity (Wildman–Crippen MR) is 73.6 cm³/mol. The summed E-state index contributed by atoms with van der Waals surface area (Å²) >= 11 is 0. The molecule has 0 aliphatic carbocycles. The molecule has 88 valence electrons. The second-order valence-electron chi connectivity index (χ2n) is 4.42. The van der Waals surface area contributed by atoms with Gasteiger partial charge in [0.15, 0.2) is 0 Å². The van der Waals surface area contributed by atoms with Crippen LogP contribution in [0.25, 0.3) is 22.2 Å².